The zero-order valence-corrected chi connectivity index (χ0v) is 13.3. The molecule has 0 bridgehead atoms. The fourth-order valence-corrected chi connectivity index (χ4v) is 4.06. The van der Waals surface area contributed by atoms with Gasteiger partial charge in [-0.2, -0.15) is 0 Å². The molecule has 0 aromatic carbocycles. The lowest BCUT2D eigenvalue weighted by atomic mass is 9.96. The van der Waals surface area contributed by atoms with E-state index < -0.39 is 0 Å². The minimum atomic E-state index is -0.00157. The Kier molecular flexibility index (Phi) is 4.13. The van der Waals surface area contributed by atoms with E-state index in [9.17, 15) is 4.79 Å². The Morgan fingerprint density at radius 2 is 2.14 bits per heavy atom. The van der Waals surface area contributed by atoms with Crippen molar-refractivity contribution in [1.82, 2.24) is 20.2 Å². The zero-order valence-electron chi connectivity index (χ0n) is 13.3. The number of aromatic amines is 1. The molecule has 3 heterocycles. The summed E-state index contributed by atoms with van der Waals surface area (Å²) in [5, 5.41) is 3.66. The van der Waals surface area contributed by atoms with Crippen LogP contribution in [0, 0.1) is 13.8 Å². The summed E-state index contributed by atoms with van der Waals surface area (Å²) < 4.78 is 0. The standard InChI is InChI=1S/C16H26N4O/c1-10-15(16(21)19-12(3)17-10)11(2)18-13-6-8-20-7-4-5-14(20)9-13/h11,13-14,18H,4-9H2,1-3H3,(H,17,19,21). The number of hydrogen-bond donors (Lipinski definition) is 2. The van der Waals surface area contributed by atoms with Gasteiger partial charge >= 0.3 is 0 Å². The van der Waals surface area contributed by atoms with E-state index in [1.54, 1.807) is 0 Å². The van der Waals surface area contributed by atoms with Crippen LogP contribution in [0.5, 0.6) is 0 Å². The van der Waals surface area contributed by atoms with Crippen LogP contribution < -0.4 is 10.9 Å². The van der Waals surface area contributed by atoms with Crippen LogP contribution in [-0.4, -0.2) is 40.0 Å². The Morgan fingerprint density at radius 1 is 1.33 bits per heavy atom. The first-order valence-corrected chi connectivity index (χ1v) is 8.12. The number of aryl methyl sites for hydroxylation is 2. The van der Waals surface area contributed by atoms with Crippen molar-refractivity contribution in [2.24, 2.45) is 0 Å². The number of nitrogens with one attached hydrogen (secondary N) is 2. The molecule has 1 aromatic rings. The first kappa shape index (κ1) is 14.7. The highest BCUT2D eigenvalue weighted by atomic mass is 16.1. The van der Waals surface area contributed by atoms with E-state index >= 15 is 0 Å². The first-order chi connectivity index (χ1) is 10.0. The maximum atomic E-state index is 12.2. The van der Waals surface area contributed by atoms with E-state index in [1.165, 1.54) is 38.8 Å². The molecule has 0 aliphatic carbocycles. The topological polar surface area (TPSA) is 61.0 Å². The number of fused-ring (bicyclic) bond motifs is 1. The number of aromatic nitrogens is 2. The molecule has 2 saturated heterocycles. The Morgan fingerprint density at radius 3 is 2.90 bits per heavy atom. The molecule has 2 aliphatic heterocycles. The Hall–Kier alpha value is -1.20. The molecule has 5 heteroatoms. The molecule has 5 nitrogen and oxygen atoms in total. The molecule has 0 saturated carbocycles. The van der Waals surface area contributed by atoms with Gasteiger partial charge in [0, 0.05) is 23.8 Å². The van der Waals surface area contributed by atoms with Crippen LogP contribution in [0.3, 0.4) is 0 Å². The minimum absolute atomic E-state index is 0.00157. The summed E-state index contributed by atoms with van der Waals surface area (Å²) in [7, 11) is 0. The molecule has 0 amide bonds. The third-order valence-electron chi connectivity index (χ3n) is 5.00. The number of nitrogens with zero attached hydrogens (tertiary/aromatic N) is 2. The van der Waals surface area contributed by atoms with E-state index in [2.05, 4.69) is 27.1 Å². The predicted molar refractivity (Wildman–Crippen MR) is 83.5 cm³/mol. The van der Waals surface area contributed by atoms with Crippen LogP contribution in [0.25, 0.3) is 0 Å². The van der Waals surface area contributed by atoms with Crippen molar-refractivity contribution in [3.05, 3.63) is 27.4 Å². The highest BCUT2D eigenvalue weighted by Gasteiger charge is 2.32. The number of rotatable bonds is 3. The predicted octanol–water partition coefficient (Wildman–Crippen LogP) is 1.66. The van der Waals surface area contributed by atoms with Crippen LogP contribution in [0.15, 0.2) is 4.79 Å². The van der Waals surface area contributed by atoms with Gasteiger partial charge in [0.25, 0.3) is 5.56 Å². The van der Waals surface area contributed by atoms with Crippen LogP contribution in [0.4, 0.5) is 0 Å². The zero-order chi connectivity index (χ0) is 15.0. The monoisotopic (exact) mass is 290 g/mol. The summed E-state index contributed by atoms with van der Waals surface area (Å²) in [4.78, 5) is 22.0. The minimum Gasteiger partial charge on any atom is -0.310 e. The van der Waals surface area contributed by atoms with Gasteiger partial charge in [-0.3, -0.25) is 4.79 Å². The lowest BCUT2D eigenvalue weighted by molar-refractivity contribution is 0.162. The molecule has 3 rings (SSSR count). The van der Waals surface area contributed by atoms with Crippen molar-refractivity contribution >= 4 is 0 Å². The Labute approximate surface area is 126 Å². The average Bonchev–Trinajstić information content (AvgIpc) is 2.84. The maximum absolute atomic E-state index is 12.2. The largest absolute Gasteiger partial charge is 0.310 e. The second-order valence-corrected chi connectivity index (χ2v) is 6.59. The van der Waals surface area contributed by atoms with Gasteiger partial charge in [0.2, 0.25) is 0 Å². The van der Waals surface area contributed by atoms with Crippen LogP contribution in [-0.2, 0) is 0 Å². The lowest BCUT2D eigenvalue weighted by Gasteiger charge is -2.36. The Bertz CT molecular complexity index is 568. The fraction of sp³-hybridized carbons (Fsp3) is 0.750. The summed E-state index contributed by atoms with van der Waals surface area (Å²) >= 11 is 0. The molecular formula is C16H26N4O. The van der Waals surface area contributed by atoms with E-state index in [4.69, 9.17) is 0 Å². The summed E-state index contributed by atoms with van der Waals surface area (Å²) in [5.41, 5.74) is 1.63. The van der Waals surface area contributed by atoms with E-state index in [0.717, 1.165) is 17.3 Å². The molecule has 3 unspecified atom stereocenters. The summed E-state index contributed by atoms with van der Waals surface area (Å²) in [5.74, 6) is 0.688. The van der Waals surface area contributed by atoms with Crippen LogP contribution in [0.2, 0.25) is 0 Å². The van der Waals surface area contributed by atoms with Gasteiger partial charge in [0.15, 0.2) is 0 Å². The van der Waals surface area contributed by atoms with Crippen molar-refractivity contribution in [1.29, 1.82) is 0 Å². The number of piperidine rings is 1. The summed E-state index contributed by atoms with van der Waals surface area (Å²) in [6.45, 7) is 8.29. The lowest BCUT2D eigenvalue weighted by Crippen LogP contribution is -2.46. The molecular weight excluding hydrogens is 264 g/mol. The van der Waals surface area contributed by atoms with Gasteiger partial charge in [-0.05, 0) is 59.5 Å². The van der Waals surface area contributed by atoms with Crippen molar-refractivity contribution < 1.29 is 0 Å². The van der Waals surface area contributed by atoms with Crippen LogP contribution in [0.1, 0.15) is 55.7 Å². The Balaban J connectivity index is 1.69. The highest BCUT2D eigenvalue weighted by molar-refractivity contribution is 5.20. The van der Waals surface area contributed by atoms with Crippen LogP contribution >= 0.6 is 0 Å². The van der Waals surface area contributed by atoms with Crippen molar-refractivity contribution in [3.8, 4) is 0 Å². The van der Waals surface area contributed by atoms with Crippen molar-refractivity contribution in [2.45, 2.75) is 64.6 Å². The SMILES string of the molecule is Cc1nc(C)c(C(C)NC2CCN3CCCC3C2)c(=O)[nH]1. The van der Waals surface area contributed by atoms with Crippen molar-refractivity contribution in [3.63, 3.8) is 0 Å². The maximum Gasteiger partial charge on any atom is 0.255 e. The van der Waals surface area contributed by atoms with Gasteiger partial charge in [0.05, 0.1) is 5.56 Å². The van der Waals surface area contributed by atoms with E-state index in [1.807, 2.05) is 13.8 Å². The quantitative estimate of drug-likeness (QED) is 0.889. The summed E-state index contributed by atoms with van der Waals surface area (Å²) in [6, 6.07) is 1.32. The van der Waals surface area contributed by atoms with Gasteiger partial charge in [-0.1, -0.05) is 0 Å². The summed E-state index contributed by atoms with van der Waals surface area (Å²) in [6.07, 6.45) is 5.06. The van der Waals surface area contributed by atoms with Gasteiger partial charge in [-0.15, -0.1) is 0 Å². The molecule has 116 valence electrons. The van der Waals surface area contributed by atoms with Gasteiger partial charge in [-0.25, -0.2) is 4.98 Å². The molecule has 2 aliphatic rings. The van der Waals surface area contributed by atoms with Gasteiger partial charge in [0.1, 0.15) is 5.82 Å². The smallest absolute Gasteiger partial charge is 0.255 e. The fourth-order valence-electron chi connectivity index (χ4n) is 4.06. The second kappa shape index (κ2) is 5.89. The molecule has 1 aromatic heterocycles. The molecule has 0 spiro atoms. The molecule has 0 radical (unpaired) electrons. The molecule has 21 heavy (non-hydrogen) atoms. The molecule has 2 fully saturated rings. The van der Waals surface area contributed by atoms with E-state index in [0.29, 0.717) is 11.9 Å². The van der Waals surface area contributed by atoms with Crippen molar-refractivity contribution in [2.75, 3.05) is 13.1 Å². The number of hydrogen-bond acceptors (Lipinski definition) is 4. The molecule has 3 atom stereocenters. The first-order valence-electron chi connectivity index (χ1n) is 8.12. The second-order valence-electron chi connectivity index (χ2n) is 6.59. The highest BCUT2D eigenvalue weighted by Crippen LogP contribution is 2.28. The number of H-pyrrole nitrogens is 1. The third kappa shape index (κ3) is 3.04. The average molecular weight is 290 g/mol. The van der Waals surface area contributed by atoms with Gasteiger partial charge < -0.3 is 15.2 Å². The normalized spacial score (nSPS) is 27.6. The molecule has 2 N–H and O–H groups in total. The van der Waals surface area contributed by atoms with E-state index in [-0.39, 0.29) is 11.6 Å². The third-order valence-corrected chi connectivity index (χ3v) is 5.00.